The summed E-state index contributed by atoms with van der Waals surface area (Å²) in [4.78, 5) is 1.84. The van der Waals surface area contributed by atoms with Gasteiger partial charge in [-0.15, -0.1) is 0 Å². The number of nitrogens with zero attached hydrogens (tertiary/aromatic N) is 1. The van der Waals surface area contributed by atoms with E-state index in [0.29, 0.717) is 5.56 Å². The van der Waals surface area contributed by atoms with Gasteiger partial charge in [0.1, 0.15) is 0 Å². The zero-order valence-electron chi connectivity index (χ0n) is 6.50. The molecule has 0 aromatic heterocycles. The second-order valence-corrected chi connectivity index (χ2v) is 2.90. The van der Waals surface area contributed by atoms with Gasteiger partial charge in [0.15, 0.2) is 0 Å². The van der Waals surface area contributed by atoms with Crippen molar-refractivity contribution >= 4 is 15.9 Å². The number of nitriles is 1. The first kappa shape index (κ1) is 9.02. The summed E-state index contributed by atoms with van der Waals surface area (Å²) in [5.41, 5.74) is 1.92. The first-order valence-electron chi connectivity index (χ1n) is 3.61. The topological polar surface area (TPSA) is 23.8 Å². The van der Waals surface area contributed by atoms with E-state index in [-0.39, 0.29) is 0 Å². The Hall–Kier alpha value is -1.07. The van der Waals surface area contributed by atoms with Crippen LogP contribution in [0.25, 0.3) is 0 Å². The molecule has 0 aliphatic heterocycles. The Kier molecular flexibility index (Phi) is 3.56. The smallest absolute Gasteiger partial charge is 0.0991 e. The molecular formula is C10H8BrN. The Balaban J connectivity index is 2.73. The van der Waals surface area contributed by atoms with Gasteiger partial charge in [-0.25, -0.2) is 0 Å². The van der Waals surface area contributed by atoms with Crippen molar-refractivity contribution in [3.8, 4) is 6.07 Å². The van der Waals surface area contributed by atoms with Gasteiger partial charge >= 0.3 is 0 Å². The fourth-order valence-corrected chi connectivity index (χ4v) is 1.08. The molecule has 0 aliphatic rings. The van der Waals surface area contributed by atoms with Gasteiger partial charge in [-0.2, -0.15) is 5.26 Å². The lowest BCUT2D eigenvalue weighted by Crippen LogP contribution is -1.80. The van der Waals surface area contributed by atoms with E-state index in [2.05, 4.69) is 22.0 Å². The van der Waals surface area contributed by atoms with E-state index in [1.807, 2.05) is 35.3 Å². The average Bonchev–Trinajstić information content (AvgIpc) is 2.15. The van der Waals surface area contributed by atoms with Gasteiger partial charge in [-0.1, -0.05) is 34.1 Å². The molecule has 0 saturated heterocycles. The van der Waals surface area contributed by atoms with E-state index in [1.54, 1.807) is 0 Å². The minimum absolute atomic E-state index is 0.710. The number of halogens is 1. The van der Waals surface area contributed by atoms with Gasteiger partial charge in [0.05, 0.1) is 11.6 Å². The summed E-state index contributed by atoms with van der Waals surface area (Å²) >= 11 is 3.20. The largest absolute Gasteiger partial charge is 0.192 e. The molecule has 0 unspecified atom stereocenters. The summed E-state index contributed by atoms with van der Waals surface area (Å²) in [5.74, 6) is 0. The summed E-state index contributed by atoms with van der Waals surface area (Å²) in [7, 11) is 0. The molecule has 0 fully saturated rings. The molecule has 0 heterocycles. The average molecular weight is 222 g/mol. The maximum atomic E-state index is 8.53. The lowest BCUT2D eigenvalue weighted by Gasteiger charge is -1.94. The van der Waals surface area contributed by atoms with Crippen molar-refractivity contribution in [3.63, 3.8) is 0 Å². The first-order valence-corrected chi connectivity index (χ1v) is 4.52. The molecule has 12 heavy (non-hydrogen) atoms. The monoisotopic (exact) mass is 221 g/mol. The van der Waals surface area contributed by atoms with E-state index in [0.717, 1.165) is 6.42 Å². The second-order valence-electron chi connectivity index (χ2n) is 2.37. The fourth-order valence-electron chi connectivity index (χ4n) is 0.896. The molecule has 2 heteroatoms. The van der Waals surface area contributed by atoms with Crippen LogP contribution in [0.3, 0.4) is 0 Å². The van der Waals surface area contributed by atoms with E-state index in [1.165, 1.54) is 5.56 Å². The molecule has 60 valence electrons. The lowest BCUT2D eigenvalue weighted by atomic mass is 10.1. The third kappa shape index (κ3) is 2.52. The Morgan fingerprint density at radius 2 is 2.00 bits per heavy atom. The van der Waals surface area contributed by atoms with Gasteiger partial charge in [-0.3, -0.25) is 0 Å². The van der Waals surface area contributed by atoms with Crippen LogP contribution in [0, 0.1) is 11.3 Å². The highest BCUT2D eigenvalue weighted by Gasteiger charge is 1.90. The minimum atomic E-state index is 0.710. The molecule has 1 nitrogen and oxygen atoms in total. The van der Waals surface area contributed by atoms with E-state index >= 15 is 0 Å². The molecule has 1 aromatic carbocycles. The number of benzene rings is 1. The van der Waals surface area contributed by atoms with Gasteiger partial charge in [0.2, 0.25) is 0 Å². The fraction of sp³-hybridized carbons (Fsp3) is 0.100. The van der Waals surface area contributed by atoms with Crippen molar-refractivity contribution in [3.05, 3.63) is 46.5 Å². The van der Waals surface area contributed by atoms with Crippen molar-refractivity contribution in [2.24, 2.45) is 0 Å². The number of allylic oxidation sites excluding steroid dienone is 1. The molecule has 0 atom stereocenters. The van der Waals surface area contributed by atoms with Crippen molar-refractivity contribution in [1.82, 2.24) is 0 Å². The van der Waals surface area contributed by atoms with Crippen LogP contribution in [-0.4, -0.2) is 0 Å². The summed E-state index contributed by atoms with van der Waals surface area (Å²) in [6.07, 6.45) is 2.92. The molecule has 0 N–H and O–H groups in total. The Labute approximate surface area is 80.5 Å². The van der Waals surface area contributed by atoms with Crippen LogP contribution in [0.4, 0.5) is 0 Å². The summed E-state index contributed by atoms with van der Waals surface area (Å²) in [6, 6.07) is 9.67. The predicted molar refractivity (Wildman–Crippen MR) is 52.9 cm³/mol. The van der Waals surface area contributed by atoms with Crippen LogP contribution < -0.4 is 0 Å². The molecule has 0 aliphatic carbocycles. The standard InChI is InChI=1S/C10H8BrN/c11-7-1-2-9-3-5-10(8-12)6-4-9/h1,3-7H,2H2/b7-1+. The highest BCUT2D eigenvalue weighted by atomic mass is 79.9. The van der Waals surface area contributed by atoms with Crippen LogP contribution in [0.5, 0.6) is 0 Å². The summed E-state index contributed by atoms with van der Waals surface area (Å²) in [6.45, 7) is 0. The molecule has 1 rings (SSSR count). The minimum Gasteiger partial charge on any atom is -0.192 e. The maximum absolute atomic E-state index is 8.53. The van der Waals surface area contributed by atoms with E-state index in [9.17, 15) is 0 Å². The zero-order chi connectivity index (χ0) is 8.81. The normalized spacial score (nSPS) is 10.0. The number of hydrogen-bond donors (Lipinski definition) is 0. The maximum Gasteiger partial charge on any atom is 0.0991 e. The highest BCUT2D eigenvalue weighted by Crippen LogP contribution is 2.04. The van der Waals surface area contributed by atoms with Crippen molar-refractivity contribution in [1.29, 1.82) is 5.26 Å². The van der Waals surface area contributed by atoms with Gasteiger partial charge in [-0.05, 0) is 29.1 Å². The van der Waals surface area contributed by atoms with Crippen LogP contribution in [0.2, 0.25) is 0 Å². The molecule has 0 amide bonds. The summed E-state index contributed by atoms with van der Waals surface area (Å²) < 4.78 is 0. The van der Waals surface area contributed by atoms with Crippen LogP contribution >= 0.6 is 15.9 Å². The SMILES string of the molecule is N#Cc1ccc(C/C=C/Br)cc1. The predicted octanol–water partition coefficient (Wildman–Crippen LogP) is 3.01. The molecule has 0 spiro atoms. The van der Waals surface area contributed by atoms with E-state index < -0.39 is 0 Å². The molecular weight excluding hydrogens is 214 g/mol. The highest BCUT2D eigenvalue weighted by molar-refractivity contribution is 9.11. The lowest BCUT2D eigenvalue weighted by molar-refractivity contribution is 1.27. The number of rotatable bonds is 2. The molecule has 0 saturated carbocycles. The third-order valence-corrected chi connectivity index (χ3v) is 1.90. The zero-order valence-corrected chi connectivity index (χ0v) is 8.08. The third-order valence-electron chi connectivity index (χ3n) is 1.53. The molecule has 0 radical (unpaired) electrons. The Morgan fingerprint density at radius 1 is 1.33 bits per heavy atom. The van der Waals surface area contributed by atoms with E-state index in [4.69, 9.17) is 5.26 Å². The van der Waals surface area contributed by atoms with Gasteiger partial charge < -0.3 is 0 Å². The summed E-state index contributed by atoms with van der Waals surface area (Å²) in [5, 5.41) is 8.53. The number of hydrogen-bond acceptors (Lipinski definition) is 1. The quantitative estimate of drug-likeness (QED) is 0.754. The van der Waals surface area contributed by atoms with Crippen molar-refractivity contribution in [2.75, 3.05) is 0 Å². The van der Waals surface area contributed by atoms with Crippen LogP contribution in [0.15, 0.2) is 35.3 Å². The molecule has 1 aromatic rings. The van der Waals surface area contributed by atoms with Gasteiger partial charge in [0.25, 0.3) is 0 Å². The Bertz CT molecular complexity index is 306. The Morgan fingerprint density at radius 3 is 2.50 bits per heavy atom. The molecule has 0 bridgehead atoms. The first-order chi connectivity index (χ1) is 5.86. The van der Waals surface area contributed by atoms with Crippen LogP contribution in [-0.2, 0) is 6.42 Å². The van der Waals surface area contributed by atoms with Crippen molar-refractivity contribution < 1.29 is 0 Å². The van der Waals surface area contributed by atoms with Crippen molar-refractivity contribution in [2.45, 2.75) is 6.42 Å². The van der Waals surface area contributed by atoms with Crippen LogP contribution in [0.1, 0.15) is 11.1 Å². The second kappa shape index (κ2) is 4.74. The van der Waals surface area contributed by atoms with Gasteiger partial charge in [0, 0.05) is 0 Å².